The van der Waals surface area contributed by atoms with Crippen LogP contribution in [0.5, 0.6) is 0 Å². The van der Waals surface area contributed by atoms with Crippen LogP contribution in [0.15, 0.2) is 144 Å². The van der Waals surface area contributed by atoms with Gasteiger partial charge in [-0.25, -0.2) is 0 Å². The highest BCUT2D eigenvalue weighted by atomic mass is 14.8. The molecule has 0 aliphatic carbocycles. The molecule has 4 aromatic carbocycles. The average Bonchev–Trinajstić information content (AvgIpc) is 2.97. The molecule has 0 saturated heterocycles. The first-order chi connectivity index (χ1) is 18.2. The molecule has 0 bridgehead atoms. The van der Waals surface area contributed by atoms with E-state index in [2.05, 4.69) is 98.2 Å². The first-order valence-corrected chi connectivity index (χ1v) is 13.2. The minimum atomic E-state index is 0.320. The Morgan fingerprint density at radius 3 is 1.38 bits per heavy atom. The van der Waals surface area contributed by atoms with E-state index in [0.29, 0.717) is 6.04 Å². The molecule has 0 aromatic heterocycles. The van der Waals surface area contributed by atoms with E-state index in [-0.39, 0.29) is 0 Å². The third-order valence-electron chi connectivity index (χ3n) is 5.88. The van der Waals surface area contributed by atoms with Gasteiger partial charge < -0.3 is 0 Å². The lowest BCUT2D eigenvalue weighted by Crippen LogP contribution is -2.09. The average molecular weight is 487 g/mol. The van der Waals surface area contributed by atoms with Crippen molar-refractivity contribution in [2.45, 2.75) is 39.2 Å². The molecule has 188 valence electrons. The minimum absolute atomic E-state index is 0.320. The SMILES string of the molecule is C=CCCC[C@@H](C)N=C(c1ccccc1)c1ccccc1.CCN=C(c1ccccc1)c1ccccc1. The summed E-state index contributed by atoms with van der Waals surface area (Å²) in [5, 5.41) is 0. The van der Waals surface area contributed by atoms with E-state index in [1.165, 1.54) is 22.3 Å². The van der Waals surface area contributed by atoms with Gasteiger partial charge in [-0.2, -0.15) is 0 Å². The van der Waals surface area contributed by atoms with E-state index in [1.807, 2.05) is 54.6 Å². The summed E-state index contributed by atoms with van der Waals surface area (Å²) in [6, 6.07) is 41.8. The smallest absolute Gasteiger partial charge is 0.0722 e. The molecule has 0 spiro atoms. The van der Waals surface area contributed by atoms with Crippen LogP contribution >= 0.6 is 0 Å². The van der Waals surface area contributed by atoms with E-state index in [0.717, 1.165) is 37.2 Å². The first kappa shape index (κ1) is 27.5. The first-order valence-electron chi connectivity index (χ1n) is 13.2. The number of hydrogen-bond donors (Lipinski definition) is 0. The van der Waals surface area contributed by atoms with Crippen LogP contribution in [0.4, 0.5) is 0 Å². The molecule has 0 heterocycles. The Labute approximate surface area is 223 Å². The van der Waals surface area contributed by atoms with Gasteiger partial charge in [0.2, 0.25) is 0 Å². The van der Waals surface area contributed by atoms with Crippen LogP contribution < -0.4 is 0 Å². The fourth-order valence-electron chi connectivity index (χ4n) is 4.05. The van der Waals surface area contributed by atoms with Gasteiger partial charge in [-0.1, -0.05) is 127 Å². The second kappa shape index (κ2) is 15.9. The summed E-state index contributed by atoms with van der Waals surface area (Å²) < 4.78 is 0. The standard InChI is InChI=1S/C20H23N.C15H15N/c1-3-4-7-12-17(2)21-20(18-13-8-5-9-14-18)19-15-10-6-11-16-19;1-2-16-15(13-9-5-3-6-10-13)14-11-7-4-8-12-14/h3,5-6,8-11,13-17H,1,4,7,12H2,2H3;3-12H,2H2,1H3/t17-;/m1./s1. The van der Waals surface area contributed by atoms with Gasteiger partial charge in [-0.3, -0.25) is 9.98 Å². The van der Waals surface area contributed by atoms with Crippen molar-refractivity contribution in [1.82, 2.24) is 0 Å². The van der Waals surface area contributed by atoms with Gasteiger partial charge in [0.25, 0.3) is 0 Å². The third-order valence-corrected chi connectivity index (χ3v) is 5.88. The van der Waals surface area contributed by atoms with Crippen molar-refractivity contribution in [1.29, 1.82) is 0 Å². The Bertz CT molecular complexity index is 1140. The second-order valence-electron chi connectivity index (χ2n) is 8.83. The lowest BCUT2D eigenvalue weighted by Gasteiger charge is -2.12. The van der Waals surface area contributed by atoms with Gasteiger partial charge in [0.05, 0.1) is 11.4 Å². The highest BCUT2D eigenvalue weighted by molar-refractivity contribution is 6.13. The zero-order valence-electron chi connectivity index (χ0n) is 22.1. The number of rotatable bonds is 10. The van der Waals surface area contributed by atoms with Gasteiger partial charge in [0.15, 0.2) is 0 Å². The number of hydrogen-bond acceptors (Lipinski definition) is 2. The fraction of sp³-hybridized carbons (Fsp3) is 0.200. The van der Waals surface area contributed by atoms with Crippen molar-refractivity contribution < 1.29 is 0 Å². The molecule has 0 saturated carbocycles. The normalized spacial score (nSPS) is 10.9. The molecule has 0 amide bonds. The topological polar surface area (TPSA) is 24.7 Å². The molecule has 0 aliphatic rings. The van der Waals surface area contributed by atoms with E-state index < -0.39 is 0 Å². The molecule has 0 unspecified atom stereocenters. The molecule has 1 atom stereocenters. The van der Waals surface area contributed by atoms with E-state index in [9.17, 15) is 0 Å². The van der Waals surface area contributed by atoms with Crippen LogP contribution in [-0.2, 0) is 0 Å². The predicted molar refractivity (Wildman–Crippen MR) is 161 cm³/mol. The van der Waals surface area contributed by atoms with E-state index in [1.54, 1.807) is 0 Å². The molecular weight excluding hydrogens is 448 g/mol. The quantitative estimate of drug-likeness (QED) is 0.122. The number of aliphatic imine (C=N–C) groups is 2. The molecular formula is C35H38N2. The van der Waals surface area contributed by atoms with Crippen molar-refractivity contribution in [2.75, 3.05) is 6.54 Å². The Hall–Kier alpha value is -4.04. The van der Waals surface area contributed by atoms with Crippen LogP contribution in [-0.4, -0.2) is 24.0 Å². The molecule has 0 radical (unpaired) electrons. The van der Waals surface area contributed by atoms with E-state index in [4.69, 9.17) is 4.99 Å². The summed E-state index contributed by atoms with van der Waals surface area (Å²) in [4.78, 5) is 9.55. The summed E-state index contributed by atoms with van der Waals surface area (Å²) in [6.45, 7) is 8.83. The van der Waals surface area contributed by atoms with Crippen molar-refractivity contribution in [3.63, 3.8) is 0 Å². The summed E-state index contributed by atoms with van der Waals surface area (Å²) in [5.74, 6) is 0. The summed E-state index contributed by atoms with van der Waals surface area (Å²) >= 11 is 0. The molecule has 4 rings (SSSR count). The van der Waals surface area contributed by atoms with Gasteiger partial charge in [0.1, 0.15) is 0 Å². The van der Waals surface area contributed by atoms with Gasteiger partial charge in [-0.05, 0) is 33.1 Å². The molecule has 0 fully saturated rings. The number of unbranched alkanes of at least 4 members (excludes halogenated alkanes) is 1. The Kier molecular flexibility index (Phi) is 11.8. The second-order valence-corrected chi connectivity index (χ2v) is 8.83. The zero-order valence-corrected chi connectivity index (χ0v) is 22.1. The Morgan fingerprint density at radius 1 is 0.649 bits per heavy atom. The number of benzene rings is 4. The summed E-state index contributed by atoms with van der Waals surface area (Å²) in [5.41, 5.74) is 6.87. The van der Waals surface area contributed by atoms with Crippen LogP contribution in [0, 0.1) is 0 Å². The third kappa shape index (κ3) is 9.16. The van der Waals surface area contributed by atoms with Crippen molar-refractivity contribution in [2.24, 2.45) is 9.98 Å². The van der Waals surface area contributed by atoms with Gasteiger partial charge >= 0.3 is 0 Å². The lowest BCUT2D eigenvalue weighted by molar-refractivity contribution is 0.633. The maximum absolute atomic E-state index is 4.97. The van der Waals surface area contributed by atoms with Crippen molar-refractivity contribution in [3.05, 3.63) is 156 Å². The van der Waals surface area contributed by atoms with Crippen LogP contribution in [0.3, 0.4) is 0 Å². The zero-order chi connectivity index (χ0) is 26.1. The molecule has 4 aromatic rings. The highest BCUT2D eigenvalue weighted by Crippen LogP contribution is 2.14. The Balaban J connectivity index is 0.000000213. The largest absolute Gasteiger partial charge is 0.284 e. The fourth-order valence-corrected chi connectivity index (χ4v) is 4.05. The predicted octanol–water partition coefficient (Wildman–Crippen LogP) is 8.81. The lowest BCUT2D eigenvalue weighted by atomic mass is 10.0. The molecule has 0 N–H and O–H groups in total. The number of allylic oxidation sites excluding steroid dienone is 1. The maximum Gasteiger partial charge on any atom is 0.0722 e. The minimum Gasteiger partial charge on any atom is -0.284 e. The monoisotopic (exact) mass is 486 g/mol. The Morgan fingerprint density at radius 2 is 1.03 bits per heavy atom. The summed E-state index contributed by atoms with van der Waals surface area (Å²) in [6.07, 6.45) is 5.28. The van der Waals surface area contributed by atoms with Gasteiger partial charge in [0, 0.05) is 34.8 Å². The van der Waals surface area contributed by atoms with Crippen LogP contribution in [0.25, 0.3) is 0 Å². The number of nitrogens with zero attached hydrogens (tertiary/aromatic N) is 2. The highest BCUT2D eigenvalue weighted by Gasteiger charge is 2.08. The molecule has 37 heavy (non-hydrogen) atoms. The maximum atomic E-state index is 4.97. The van der Waals surface area contributed by atoms with Crippen LogP contribution in [0.1, 0.15) is 55.4 Å². The van der Waals surface area contributed by atoms with Crippen LogP contribution in [0.2, 0.25) is 0 Å². The van der Waals surface area contributed by atoms with Crippen molar-refractivity contribution in [3.8, 4) is 0 Å². The van der Waals surface area contributed by atoms with E-state index >= 15 is 0 Å². The molecule has 0 aliphatic heterocycles. The molecule has 2 heteroatoms. The van der Waals surface area contributed by atoms with Crippen molar-refractivity contribution >= 4 is 11.4 Å². The summed E-state index contributed by atoms with van der Waals surface area (Å²) in [7, 11) is 0. The molecule has 2 nitrogen and oxygen atoms in total. The van der Waals surface area contributed by atoms with Gasteiger partial charge in [-0.15, -0.1) is 6.58 Å².